The van der Waals surface area contributed by atoms with E-state index in [0.29, 0.717) is 6.61 Å². The Morgan fingerprint density at radius 2 is 2.57 bits per heavy atom. The Kier molecular flexibility index (Phi) is 1.75. The van der Waals surface area contributed by atoms with E-state index in [4.69, 9.17) is 4.84 Å². The lowest BCUT2D eigenvalue weighted by molar-refractivity contribution is 0.0909. The fraction of sp³-hybridized carbons (Fsp3) is 0.400. The quantitative estimate of drug-likeness (QED) is 0.479. The smallest absolute Gasteiger partial charge is 0.0780 e. The fourth-order valence-electron chi connectivity index (χ4n) is 0.436. The third-order valence-electron chi connectivity index (χ3n) is 0.773. The molecule has 0 spiro atoms. The largest absolute Gasteiger partial charge is 0.276 e. The second-order valence-electron chi connectivity index (χ2n) is 1.36. The van der Waals surface area contributed by atoms with Gasteiger partial charge in [0.15, 0.2) is 0 Å². The highest BCUT2D eigenvalue weighted by molar-refractivity contribution is 4.85. The lowest BCUT2D eigenvalue weighted by atomic mass is 10.3. The van der Waals surface area contributed by atoms with Gasteiger partial charge >= 0.3 is 0 Å². The summed E-state index contributed by atoms with van der Waals surface area (Å²) in [6.07, 6.45) is 6.86. The average Bonchev–Trinajstić information content (AvgIpc) is 1.90. The minimum absolute atomic E-state index is 0.701. The Labute approximate surface area is 43.1 Å². The molecule has 1 radical (unpaired) electrons. The first-order valence-electron chi connectivity index (χ1n) is 2.34. The van der Waals surface area contributed by atoms with E-state index in [2.05, 4.69) is 11.9 Å². The summed E-state index contributed by atoms with van der Waals surface area (Å²) in [6.45, 7) is 0.701. The molecule has 2 heteroatoms. The number of hydrogen-bond donors (Lipinski definition) is 1. The Morgan fingerprint density at radius 1 is 1.57 bits per heavy atom. The van der Waals surface area contributed by atoms with Gasteiger partial charge in [0.2, 0.25) is 0 Å². The van der Waals surface area contributed by atoms with Crippen molar-refractivity contribution in [2.45, 2.75) is 6.42 Å². The summed E-state index contributed by atoms with van der Waals surface area (Å²) < 4.78 is 0. The predicted octanol–water partition coefficient (Wildman–Crippen LogP) is 0.629. The van der Waals surface area contributed by atoms with Crippen LogP contribution in [0.5, 0.6) is 0 Å². The number of nitrogens with one attached hydrogen (secondary N) is 1. The van der Waals surface area contributed by atoms with Crippen molar-refractivity contribution in [2.75, 3.05) is 6.61 Å². The van der Waals surface area contributed by atoms with Crippen LogP contribution in [0.4, 0.5) is 0 Å². The number of hydrogen-bond acceptors (Lipinski definition) is 2. The normalized spacial score (nSPS) is 20.6. The lowest BCUT2D eigenvalue weighted by Crippen LogP contribution is -2.04. The topological polar surface area (TPSA) is 21.3 Å². The Bertz CT molecular complexity index is 62.5. The van der Waals surface area contributed by atoms with E-state index in [1.807, 2.05) is 6.08 Å². The van der Waals surface area contributed by atoms with E-state index in [0.717, 1.165) is 6.42 Å². The summed E-state index contributed by atoms with van der Waals surface area (Å²) in [5.41, 5.74) is 2.64. The van der Waals surface area contributed by atoms with Crippen LogP contribution in [0.15, 0.2) is 12.3 Å². The van der Waals surface area contributed by atoms with Crippen LogP contribution >= 0.6 is 0 Å². The number of rotatable bonds is 0. The SMILES string of the molecule is [CH]1CC=CNOC1. The van der Waals surface area contributed by atoms with Crippen molar-refractivity contribution >= 4 is 0 Å². The fourth-order valence-corrected chi connectivity index (χ4v) is 0.436. The summed E-state index contributed by atoms with van der Waals surface area (Å²) in [7, 11) is 0. The Hall–Kier alpha value is -0.500. The molecule has 1 aliphatic heterocycles. The van der Waals surface area contributed by atoms with Gasteiger partial charge in [0.1, 0.15) is 0 Å². The molecule has 0 saturated carbocycles. The monoisotopic (exact) mass is 98.1 g/mol. The van der Waals surface area contributed by atoms with Crippen LogP contribution in [0.1, 0.15) is 6.42 Å². The molecule has 0 unspecified atom stereocenters. The maximum absolute atomic E-state index is 4.80. The standard InChI is InChI=1S/C5H8NO/c1-2-4-6-7-5-3-1/h2-4,6H,1,5H2. The predicted molar refractivity (Wildman–Crippen MR) is 27.1 cm³/mol. The van der Waals surface area contributed by atoms with E-state index in [9.17, 15) is 0 Å². The lowest BCUT2D eigenvalue weighted by Gasteiger charge is -1.93. The zero-order valence-electron chi connectivity index (χ0n) is 4.05. The molecule has 1 rings (SSSR count). The van der Waals surface area contributed by atoms with Crippen LogP contribution in [0.25, 0.3) is 0 Å². The molecule has 0 bridgehead atoms. The third-order valence-corrected chi connectivity index (χ3v) is 0.773. The molecule has 0 aromatic heterocycles. The Balaban J connectivity index is 2.20. The van der Waals surface area contributed by atoms with Gasteiger partial charge in [-0.1, -0.05) is 6.08 Å². The molecular formula is C5H8NO. The van der Waals surface area contributed by atoms with Gasteiger partial charge in [-0.15, -0.1) is 0 Å². The molecule has 7 heavy (non-hydrogen) atoms. The van der Waals surface area contributed by atoms with Gasteiger partial charge in [0, 0.05) is 6.20 Å². The molecular weight excluding hydrogens is 90.1 g/mol. The van der Waals surface area contributed by atoms with Gasteiger partial charge in [-0.05, 0) is 12.8 Å². The van der Waals surface area contributed by atoms with Crippen molar-refractivity contribution in [3.05, 3.63) is 18.7 Å². The second-order valence-corrected chi connectivity index (χ2v) is 1.36. The van der Waals surface area contributed by atoms with Crippen LogP contribution in [-0.4, -0.2) is 6.61 Å². The number of hydroxylamine groups is 1. The van der Waals surface area contributed by atoms with Gasteiger partial charge in [0.25, 0.3) is 0 Å². The highest BCUT2D eigenvalue weighted by Crippen LogP contribution is 1.91. The van der Waals surface area contributed by atoms with Crippen molar-refractivity contribution < 1.29 is 4.84 Å². The third kappa shape index (κ3) is 1.59. The van der Waals surface area contributed by atoms with Crippen molar-refractivity contribution in [3.8, 4) is 0 Å². The van der Waals surface area contributed by atoms with Gasteiger partial charge in [-0.2, -0.15) is 0 Å². The minimum atomic E-state index is 0.701. The first kappa shape index (κ1) is 4.65. The highest BCUT2D eigenvalue weighted by atomic mass is 16.6. The first-order valence-corrected chi connectivity index (χ1v) is 2.34. The highest BCUT2D eigenvalue weighted by Gasteiger charge is 1.87. The van der Waals surface area contributed by atoms with Gasteiger partial charge < -0.3 is 0 Å². The molecule has 1 N–H and O–H groups in total. The zero-order chi connectivity index (χ0) is 4.95. The summed E-state index contributed by atoms with van der Waals surface area (Å²) in [4.78, 5) is 4.80. The van der Waals surface area contributed by atoms with Crippen molar-refractivity contribution in [1.82, 2.24) is 5.48 Å². The molecule has 0 aromatic carbocycles. The summed E-state index contributed by atoms with van der Waals surface area (Å²) >= 11 is 0. The van der Waals surface area contributed by atoms with Crippen molar-refractivity contribution in [2.24, 2.45) is 0 Å². The molecule has 1 aliphatic rings. The van der Waals surface area contributed by atoms with Crippen LogP contribution < -0.4 is 5.48 Å². The molecule has 0 saturated heterocycles. The molecule has 0 amide bonds. The first-order chi connectivity index (χ1) is 3.50. The van der Waals surface area contributed by atoms with Gasteiger partial charge in [-0.3, -0.25) is 10.3 Å². The molecule has 1 heterocycles. The van der Waals surface area contributed by atoms with E-state index in [1.54, 1.807) is 6.20 Å². The van der Waals surface area contributed by atoms with Crippen molar-refractivity contribution in [1.29, 1.82) is 0 Å². The maximum Gasteiger partial charge on any atom is 0.0780 e. The van der Waals surface area contributed by atoms with E-state index >= 15 is 0 Å². The molecule has 39 valence electrons. The zero-order valence-corrected chi connectivity index (χ0v) is 4.05. The van der Waals surface area contributed by atoms with Gasteiger partial charge in [-0.25, -0.2) is 0 Å². The summed E-state index contributed by atoms with van der Waals surface area (Å²) in [6, 6.07) is 0. The van der Waals surface area contributed by atoms with E-state index in [1.165, 1.54) is 0 Å². The average molecular weight is 98.1 g/mol. The van der Waals surface area contributed by atoms with Crippen LogP contribution in [0.2, 0.25) is 0 Å². The van der Waals surface area contributed by atoms with E-state index < -0.39 is 0 Å². The van der Waals surface area contributed by atoms with Crippen molar-refractivity contribution in [3.63, 3.8) is 0 Å². The molecule has 0 aliphatic carbocycles. The second kappa shape index (κ2) is 2.64. The van der Waals surface area contributed by atoms with Crippen LogP contribution in [-0.2, 0) is 4.84 Å². The minimum Gasteiger partial charge on any atom is -0.276 e. The molecule has 0 fully saturated rings. The molecule has 2 nitrogen and oxygen atoms in total. The molecule has 0 aromatic rings. The maximum atomic E-state index is 4.80. The summed E-state index contributed by atoms with van der Waals surface area (Å²) in [5, 5.41) is 0. The Morgan fingerprint density at radius 3 is 3.57 bits per heavy atom. The van der Waals surface area contributed by atoms with Crippen LogP contribution in [0.3, 0.4) is 0 Å². The van der Waals surface area contributed by atoms with E-state index in [-0.39, 0.29) is 0 Å². The van der Waals surface area contributed by atoms with Gasteiger partial charge in [0.05, 0.1) is 6.61 Å². The number of allylic oxidation sites excluding steroid dienone is 1. The summed E-state index contributed by atoms with van der Waals surface area (Å²) in [5.74, 6) is 0. The van der Waals surface area contributed by atoms with Crippen LogP contribution in [0, 0.1) is 6.42 Å². The molecule has 0 atom stereocenters.